The number of nitrogens with zero attached hydrogens (tertiary/aromatic N) is 2. The zero-order valence-electron chi connectivity index (χ0n) is 14.7. The lowest BCUT2D eigenvalue weighted by Crippen LogP contribution is -2.55. The molecule has 2 aliphatic rings. The van der Waals surface area contributed by atoms with E-state index in [4.69, 9.17) is 4.52 Å². The number of piperazine rings is 1. The van der Waals surface area contributed by atoms with E-state index in [1.807, 2.05) is 18.7 Å². The van der Waals surface area contributed by atoms with Crippen LogP contribution in [0.15, 0.2) is 4.52 Å². The van der Waals surface area contributed by atoms with Crippen LogP contribution in [0.2, 0.25) is 0 Å². The SMILES string of the molecule is Cc1noc(C)c1CCC(=O)N[C@@H]1CC[C@@H](N2CCNC(=O)C2)[C@@H]1O. The maximum atomic E-state index is 12.2. The second-order valence-corrected chi connectivity index (χ2v) is 6.93. The zero-order chi connectivity index (χ0) is 18.0. The van der Waals surface area contributed by atoms with Crippen LogP contribution in [0.3, 0.4) is 0 Å². The summed E-state index contributed by atoms with van der Waals surface area (Å²) in [6, 6.07) is -0.328. The van der Waals surface area contributed by atoms with E-state index in [-0.39, 0.29) is 23.9 Å². The van der Waals surface area contributed by atoms with Crippen molar-refractivity contribution in [2.24, 2.45) is 0 Å². The molecule has 1 aromatic heterocycles. The van der Waals surface area contributed by atoms with Crippen molar-refractivity contribution in [3.63, 3.8) is 0 Å². The van der Waals surface area contributed by atoms with E-state index >= 15 is 0 Å². The maximum Gasteiger partial charge on any atom is 0.234 e. The zero-order valence-corrected chi connectivity index (χ0v) is 14.7. The van der Waals surface area contributed by atoms with Gasteiger partial charge in [-0.15, -0.1) is 0 Å². The second kappa shape index (κ2) is 7.53. The maximum absolute atomic E-state index is 12.2. The van der Waals surface area contributed by atoms with Crippen LogP contribution < -0.4 is 10.6 Å². The molecule has 8 heteroatoms. The van der Waals surface area contributed by atoms with Gasteiger partial charge in [-0.1, -0.05) is 5.16 Å². The third-order valence-corrected chi connectivity index (χ3v) is 5.25. The van der Waals surface area contributed by atoms with Crippen LogP contribution in [0.5, 0.6) is 0 Å². The molecule has 1 saturated carbocycles. The quantitative estimate of drug-likeness (QED) is 0.671. The van der Waals surface area contributed by atoms with Gasteiger partial charge in [0.05, 0.1) is 24.4 Å². The first-order valence-electron chi connectivity index (χ1n) is 8.85. The van der Waals surface area contributed by atoms with E-state index in [9.17, 15) is 14.7 Å². The van der Waals surface area contributed by atoms with Crippen molar-refractivity contribution in [1.82, 2.24) is 20.7 Å². The molecule has 2 fully saturated rings. The fourth-order valence-electron chi connectivity index (χ4n) is 3.83. The number of aryl methyl sites for hydroxylation is 2. The number of nitrogens with one attached hydrogen (secondary N) is 2. The molecule has 3 rings (SSSR count). The first-order valence-corrected chi connectivity index (χ1v) is 8.85. The molecule has 1 aliphatic carbocycles. The molecule has 2 amide bonds. The monoisotopic (exact) mass is 350 g/mol. The van der Waals surface area contributed by atoms with Crippen LogP contribution in [0.25, 0.3) is 0 Å². The summed E-state index contributed by atoms with van der Waals surface area (Å²) in [7, 11) is 0. The topological polar surface area (TPSA) is 108 Å². The summed E-state index contributed by atoms with van der Waals surface area (Å²) in [6.07, 6.45) is 1.77. The molecular weight excluding hydrogens is 324 g/mol. The molecule has 3 atom stereocenters. The molecule has 1 aromatic rings. The molecule has 0 bridgehead atoms. The van der Waals surface area contributed by atoms with Gasteiger partial charge in [0.2, 0.25) is 11.8 Å². The summed E-state index contributed by atoms with van der Waals surface area (Å²) in [5, 5.41) is 20.2. The summed E-state index contributed by atoms with van der Waals surface area (Å²) in [4.78, 5) is 25.8. The van der Waals surface area contributed by atoms with E-state index in [0.29, 0.717) is 25.9 Å². The third-order valence-electron chi connectivity index (χ3n) is 5.25. The van der Waals surface area contributed by atoms with Crippen molar-refractivity contribution in [2.75, 3.05) is 19.6 Å². The Morgan fingerprint density at radius 1 is 1.44 bits per heavy atom. The summed E-state index contributed by atoms with van der Waals surface area (Å²) >= 11 is 0. The number of aliphatic hydroxyl groups is 1. The summed E-state index contributed by atoms with van der Waals surface area (Å²) in [6.45, 7) is 5.36. The molecule has 0 spiro atoms. The van der Waals surface area contributed by atoms with E-state index in [2.05, 4.69) is 15.8 Å². The van der Waals surface area contributed by atoms with Crippen molar-refractivity contribution < 1.29 is 19.2 Å². The first kappa shape index (κ1) is 17.9. The molecule has 25 heavy (non-hydrogen) atoms. The number of carbonyl (C=O) groups is 2. The minimum Gasteiger partial charge on any atom is -0.389 e. The number of rotatable bonds is 5. The Labute approximate surface area is 146 Å². The van der Waals surface area contributed by atoms with Crippen LogP contribution in [-0.4, -0.2) is 64.8 Å². The largest absolute Gasteiger partial charge is 0.389 e. The Hall–Kier alpha value is -1.93. The molecule has 0 radical (unpaired) electrons. The number of carbonyl (C=O) groups excluding carboxylic acids is 2. The smallest absolute Gasteiger partial charge is 0.234 e. The fraction of sp³-hybridized carbons (Fsp3) is 0.706. The molecule has 1 aliphatic heterocycles. The molecule has 0 aromatic carbocycles. The van der Waals surface area contributed by atoms with Crippen molar-refractivity contribution in [3.8, 4) is 0 Å². The van der Waals surface area contributed by atoms with Gasteiger partial charge in [0, 0.05) is 31.1 Å². The first-order chi connectivity index (χ1) is 12.0. The highest BCUT2D eigenvalue weighted by Crippen LogP contribution is 2.25. The average Bonchev–Trinajstić information content (AvgIpc) is 3.09. The Kier molecular flexibility index (Phi) is 5.39. The molecule has 3 N–H and O–H groups in total. The van der Waals surface area contributed by atoms with Gasteiger partial charge < -0.3 is 20.3 Å². The average molecular weight is 350 g/mol. The third kappa shape index (κ3) is 4.01. The molecule has 2 heterocycles. The highest BCUT2D eigenvalue weighted by atomic mass is 16.5. The van der Waals surface area contributed by atoms with Crippen LogP contribution in [-0.2, 0) is 16.0 Å². The number of hydrogen-bond acceptors (Lipinski definition) is 6. The van der Waals surface area contributed by atoms with Gasteiger partial charge in [0.15, 0.2) is 0 Å². The van der Waals surface area contributed by atoms with E-state index < -0.39 is 6.10 Å². The van der Waals surface area contributed by atoms with E-state index in [1.165, 1.54) is 0 Å². The molecule has 138 valence electrons. The van der Waals surface area contributed by atoms with Crippen LogP contribution in [0, 0.1) is 13.8 Å². The van der Waals surface area contributed by atoms with Gasteiger partial charge in [0.25, 0.3) is 0 Å². The van der Waals surface area contributed by atoms with Crippen molar-refractivity contribution in [1.29, 1.82) is 0 Å². The summed E-state index contributed by atoms with van der Waals surface area (Å²) in [5.41, 5.74) is 1.79. The Bertz CT molecular complexity index is 625. The lowest BCUT2D eigenvalue weighted by Gasteiger charge is -2.34. The molecular formula is C17H26N4O4. The highest BCUT2D eigenvalue weighted by molar-refractivity contribution is 5.79. The van der Waals surface area contributed by atoms with Gasteiger partial charge in [-0.2, -0.15) is 0 Å². The lowest BCUT2D eigenvalue weighted by atomic mass is 10.1. The predicted octanol–water partition coefficient (Wildman–Crippen LogP) is -0.336. The van der Waals surface area contributed by atoms with Crippen LogP contribution in [0.4, 0.5) is 0 Å². The number of aliphatic hydroxyl groups excluding tert-OH is 1. The van der Waals surface area contributed by atoms with Gasteiger partial charge >= 0.3 is 0 Å². The Balaban J connectivity index is 1.49. The van der Waals surface area contributed by atoms with Crippen molar-refractivity contribution in [2.45, 2.75) is 57.7 Å². The van der Waals surface area contributed by atoms with E-state index in [0.717, 1.165) is 36.4 Å². The normalized spacial score (nSPS) is 27.3. The van der Waals surface area contributed by atoms with E-state index in [1.54, 1.807) is 0 Å². The predicted molar refractivity (Wildman–Crippen MR) is 89.8 cm³/mol. The minimum absolute atomic E-state index is 0.00889. The fourth-order valence-corrected chi connectivity index (χ4v) is 3.83. The molecule has 1 saturated heterocycles. The standard InChI is InChI=1S/C17H26N4O4/c1-10-12(11(2)25-20-10)3-6-15(22)19-13-4-5-14(17(13)24)21-8-7-18-16(23)9-21/h13-14,17,24H,3-9H2,1-2H3,(H,18,23)(H,19,22)/t13-,14-,17-/m1/s1. The van der Waals surface area contributed by atoms with Crippen molar-refractivity contribution >= 4 is 11.8 Å². The lowest BCUT2D eigenvalue weighted by molar-refractivity contribution is -0.126. The molecule has 0 unspecified atom stereocenters. The number of hydrogen-bond donors (Lipinski definition) is 3. The molecule has 8 nitrogen and oxygen atoms in total. The second-order valence-electron chi connectivity index (χ2n) is 6.93. The van der Waals surface area contributed by atoms with Crippen LogP contribution in [0.1, 0.15) is 36.3 Å². The minimum atomic E-state index is -0.645. The highest BCUT2D eigenvalue weighted by Gasteiger charge is 2.40. The number of aromatic nitrogens is 1. The Morgan fingerprint density at radius 3 is 2.92 bits per heavy atom. The van der Waals surface area contributed by atoms with Gasteiger partial charge in [-0.05, 0) is 33.1 Å². The summed E-state index contributed by atoms with van der Waals surface area (Å²) < 4.78 is 5.11. The van der Waals surface area contributed by atoms with Crippen LogP contribution >= 0.6 is 0 Å². The van der Waals surface area contributed by atoms with Gasteiger partial charge in [0.1, 0.15) is 5.76 Å². The van der Waals surface area contributed by atoms with Gasteiger partial charge in [-0.3, -0.25) is 14.5 Å². The Morgan fingerprint density at radius 2 is 2.24 bits per heavy atom. The number of amides is 2. The summed E-state index contributed by atoms with van der Waals surface area (Å²) in [5.74, 6) is 0.654. The van der Waals surface area contributed by atoms with Crippen molar-refractivity contribution in [3.05, 3.63) is 17.0 Å². The van der Waals surface area contributed by atoms with Gasteiger partial charge in [-0.25, -0.2) is 0 Å².